The Balaban J connectivity index is 1.66. The van der Waals surface area contributed by atoms with E-state index in [4.69, 9.17) is 0 Å². The summed E-state index contributed by atoms with van der Waals surface area (Å²) in [5.74, 6) is -2.86. The minimum atomic E-state index is -3.71. The molecule has 2 amide bonds. The van der Waals surface area contributed by atoms with E-state index in [0.717, 1.165) is 42.7 Å². The standard InChI is InChI=1S/C33H48N4O6S/c1-33(2,3)44(42,43)21-26(18-23-10-6-4-7-11-23)32(41)36-37(29(38)17-16-27-20-34-22-35-27)28(19-24-12-8-5-9-13-24)31(40)30(39)25-14-15-25/h4,6-7,10-11,20,22,24-26,28,31,40H,5,8-9,12-19,21H2,1-3H3,(H,34,35)(H,36,41)/t26?,28-,31+/m0/s1. The molecule has 2 aliphatic carbocycles. The lowest BCUT2D eigenvalue weighted by atomic mass is 9.82. The maximum absolute atomic E-state index is 14.1. The van der Waals surface area contributed by atoms with Crippen molar-refractivity contribution < 1.29 is 27.9 Å². The van der Waals surface area contributed by atoms with Crippen molar-refractivity contribution in [2.45, 2.75) is 108 Å². The van der Waals surface area contributed by atoms with Crippen LogP contribution in [0.2, 0.25) is 0 Å². The summed E-state index contributed by atoms with van der Waals surface area (Å²) in [6.07, 6.45) is 9.00. The molecule has 0 radical (unpaired) electrons. The Bertz CT molecular complexity index is 1350. The molecule has 1 aromatic carbocycles. The fourth-order valence-corrected chi connectivity index (χ4v) is 7.20. The van der Waals surface area contributed by atoms with Crippen molar-refractivity contribution in [3.8, 4) is 0 Å². The number of amides is 2. The first-order valence-corrected chi connectivity index (χ1v) is 17.6. The first-order chi connectivity index (χ1) is 20.9. The molecule has 0 spiro atoms. The van der Waals surface area contributed by atoms with Gasteiger partial charge < -0.3 is 10.1 Å². The molecule has 242 valence electrons. The first kappa shape index (κ1) is 33.8. The molecule has 3 atom stereocenters. The van der Waals surface area contributed by atoms with Gasteiger partial charge in [-0.3, -0.25) is 19.8 Å². The number of rotatable bonds is 14. The number of nitrogens with zero attached hydrogens (tertiary/aromatic N) is 2. The molecule has 2 aromatic rings. The summed E-state index contributed by atoms with van der Waals surface area (Å²) >= 11 is 0. The number of ketones is 1. The van der Waals surface area contributed by atoms with Crippen LogP contribution in [-0.4, -0.2) is 68.7 Å². The third kappa shape index (κ3) is 9.23. The quantitative estimate of drug-likeness (QED) is 0.268. The zero-order valence-electron chi connectivity index (χ0n) is 26.2. The highest BCUT2D eigenvalue weighted by atomic mass is 32.2. The number of aromatic amines is 1. The number of H-pyrrole nitrogens is 1. The van der Waals surface area contributed by atoms with Crippen LogP contribution in [-0.2, 0) is 37.1 Å². The number of hydrazine groups is 1. The number of nitrogens with one attached hydrogen (secondary N) is 2. The zero-order chi connectivity index (χ0) is 31.9. The van der Waals surface area contributed by atoms with Crippen LogP contribution in [0.3, 0.4) is 0 Å². The van der Waals surface area contributed by atoms with Gasteiger partial charge in [-0.15, -0.1) is 0 Å². The van der Waals surface area contributed by atoms with Gasteiger partial charge in [-0.2, -0.15) is 0 Å². The number of aryl methyl sites for hydroxylation is 1. The molecule has 0 saturated heterocycles. The first-order valence-electron chi connectivity index (χ1n) is 15.9. The van der Waals surface area contributed by atoms with Crippen LogP contribution < -0.4 is 5.43 Å². The Morgan fingerprint density at radius 1 is 1.07 bits per heavy atom. The summed E-state index contributed by atoms with van der Waals surface area (Å²) in [4.78, 5) is 48.3. The Labute approximate surface area is 261 Å². The predicted molar refractivity (Wildman–Crippen MR) is 168 cm³/mol. The van der Waals surface area contributed by atoms with Crippen molar-refractivity contribution in [3.63, 3.8) is 0 Å². The van der Waals surface area contributed by atoms with E-state index in [9.17, 15) is 27.9 Å². The molecular weight excluding hydrogens is 580 g/mol. The molecule has 3 N–H and O–H groups in total. The van der Waals surface area contributed by atoms with Crippen LogP contribution in [0.1, 0.15) is 89.8 Å². The van der Waals surface area contributed by atoms with Crippen molar-refractivity contribution in [3.05, 3.63) is 54.1 Å². The average molecular weight is 629 g/mol. The molecule has 1 heterocycles. The van der Waals surface area contributed by atoms with E-state index in [1.807, 2.05) is 30.3 Å². The number of imidazole rings is 1. The third-order valence-electron chi connectivity index (χ3n) is 8.97. The molecule has 10 nitrogen and oxygen atoms in total. The molecule has 2 aliphatic rings. The summed E-state index contributed by atoms with van der Waals surface area (Å²) in [6, 6.07) is 8.21. The van der Waals surface area contributed by atoms with E-state index in [2.05, 4.69) is 15.4 Å². The number of Topliss-reactive ketones (excluding diaryl/α,β-unsaturated/α-hetero) is 1. The molecule has 2 fully saturated rings. The fraction of sp³-hybridized carbons (Fsp3) is 0.636. The summed E-state index contributed by atoms with van der Waals surface area (Å²) in [7, 11) is -3.71. The van der Waals surface area contributed by atoms with Gasteiger partial charge in [-0.05, 0) is 64.4 Å². The maximum atomic E-state index is 14.1. The Morgan fingerprint density at radius 3 is 2.34 bits per heavy atom. The number of carbonyl (C=O) groups is 3. The topological polar surface area (TPSA) is 150 Å². The highest BCUT2D eigenvalue weighted by Gasteiger charge is 2.43. The number of aliphatic hydroxyl groups excluding tert-OH is 1. The normalized spacial score (nSPS) is 18.3. The zero-order valence-corrected chi connectivity index (χ0v) is 27.0. The van der Waals surface area contributed by atoms with Crippen molar-refractivity contribution in [1.82, 2.24) is 20.4 Å². The molecule has 44 heavy (non-hydrogen) atoms. The second kappa shape index (κ2) is 14.8. The lowest BCUT2D eigenvalue weighted by molar-refractivity contribution is -0.153. The van der Waals surface area contributed by atoms with Gasteiger partial charge in [0.15, 0.2) is 15.6 Å². The number of benzene rings is 1. The van der Waals surface area contributed by atoms with Crippen LogP contribution in [0.25, 0.3) is 0 Å². The van der Waals surface area contributed by atoms with Gasteiger partial charge in [0.25, 0.3) is 0 Å². The fourth-order valence-electron chi connectivity index (χ4n) is 5.90. The molecule has 11 heteroatoms. The minimum absolute atomic E-state index is 0.0136. The lowest BCUT2D eigenvalue weighted by Crippen LogP contribution is -2.60. The highest BCUT2D eigenvalue weighted by molar-refractivity contribution is 7.92. The molecule has 0 aliphatic heterocycles. The van der Waals surface area contributed by atoms with Gasteiger partial charge in [0, 0.05) is 18.5 Å². The Hall–Kier alpha value is -3.05. The van der Waals surface area contributed by atoms with Crippen LogP contribution in [0.4, 0.5) is 0 Å². The van der Waals surface area contributed by atoms with E-state index >= 15 is 0 Å². The predicted octanol–water partition coefficient (Wildman–Crippen LogP) is 3.95. The number of aromatic nitrogens is 2. The Morgan fingerprint density at radius 2 is 1.75 bits per heavy atom. The number of aliphatic hydroxyl groups is 1. The second-order valence-electron chi connectivity index (χ2n) is 13.5. The van der Waals surface area contributed by atoms with Gasteiger partial charge in [0.1, 0.15) is 6.10 Å². The molecule has 4 rings (SSSR count). The van der Waals surface area contributed by atoms with E-state index in [-0.39, 0.29) is 30.5 Å². The van der Waals surface area contributed by atoms with Crippen LogP contribution >= 0.6 is 0 Å². The largest absolute Gasteiger partial charge is 0.383 e. The number of sulfone groups is 1. The smallest absolute Gasteiger partial charge is 0.243 e. The van der Waals surface area contributed by atoms with Crippen molar-refractivity contribution in [2.75, 3.05) is 5.75 Å². The average Bonchev–Trinajstić information content (AvgIpc) is 3.71. The molecule has 1 aromatic heterocycles. The molecular formula is C33H48N4O6S. The summed E-state index contributed by atoms with van der Waals surface area (Å²) in [5, 5.41) is 12.6. The maximum Gasteiger partial charge on any atom is 0.243 e. The Kier molecular flexibility index (Phi) is 11.4. The summed E-state index contributed by atoms with van der Waals surface area (Å²) in [6.45, 7) is 4.81. The van der Waals surface area contributed by atoms with Gasteiger partial charge >= 0.3 is 0 Å². The van der Waals surface area contributed by atoms with E-state index in [0.29, 0.717) is 31.4 Å². The SMILES string of the molecule is CC(C)(C)S(=O)(=O)CC(Cc1ccccc1)C(=O)NN(C(=O)CCc1c[nH]cn1)[C@@H](CC1CCCCC1)[C@@H](O)C(=O)C1CC1. The van der Waals surface area contributed by atoms with E-state index in [1.165, 1.54) is 6.33 Å². The van der Waals surface area contributed by atoms with Crippen LogP contribution in [0.5, 0.6) is 0 Å². The third-order valence-corrected chi connectivity index (χ3v) is 11.7. The van der Waals surface area contributed by atoms with Crippen LogP contribution in [0, 0.1) is 17.8 Å². The molecule has 1 unspecified atom stereocenters. The number of hydrogen-bond acceptors (Lipinski definition) is 7. The molecule has 2 saturated carbocycles. The van der Waals surface area contributed by atoms with Gasteiger partial charge in [0.05, 0.1) is 34.5 Å². The summed E-state index contributed by atoms with van der Waals surface area (Å²) < 4.78 is 25.6. The monoisotopic (exact) mass is 628 g/mol. The molecule has 0 bridgehead atoms. The summed E-state index contributed by atoms with van der Waals surface area (Å²) in [5.41, 5.74) is 4.22. The van der Waals surface area contributed by atoms with Gasteiger partial charge in [0.2, 0.25) is 11.8 Å². The van der Waals surface area contributed by atoms with Crippen molar-refractivity contribution >= 4 is 27.4 Å². The van der Waals surface area contributed by atoms with Crippen molar-refractivity contribution in [1.29, 1.82) is 0 Å². The number of hydrogen-bond donors (Lipinski definition) is 3. The number of carbonyl (C=O) groups excluding carboxylic acids is 3. The van der Waals surface area contributed by atoms with Gasteiger partial charge in [-0.1, -0.05) is 62.4 Å². The van der Waals surface area contributed by atoms with Gasteiger partial charge in [-0.25, -0.2) is 18.4 Å². The van der Waals surface area contributed by atoms with E-state index in [1.54, 1.807) is 27.0 Å². The minimum Gasteiger partial charge on any atom is -0.383 e. The second-order valence-corrected chi connectivity index (χ2v) is 16.3. The van der Waals surface area contributed by atoms with Crippen molar-refractivity contribution in [2.24, 2.45) is 17.8 Å². The lowest BCUT2D eigenvalue weighted by Gasteiger charge is -2.38. The highest BCUT2D eigenvalue weighted by Crippen LogP contribution is 2.35. The van der Waals surface area contributed by atoms with Crippen LogP contribution in [0.15, 0.2) is 42.9 Å². The van der Waals surface area contributed by atoms with E-state index < -0.39 is 50.2 Å².